The quantitative estimate of drug-likeness (QED) is 0.717. The Bertz CT molecular complexity index is 992. The van der Waals surface area contributed by atoms with Crippen LogP contribution in [0.4, 0.5) is 0 Å². The van der Waals surface area contributed by atoms with Crippen molar-refractivity contribution in [3.8, 4) is 0 Å². The van der Waals surface area contributed by atoms with Crippen molar-refractivity contribution in [3.05, 3.63) is 38.2 Å². The lowest BCUT2D eigenvalue weighted by atomic mass is 9.94. The van der Waals surface area contributed by atoms with Gasteiger partial charge in [0.15, 0.2) is 5.65 Å². The van der Waals surface area contributed by atoms with Gasteiger partial charge in [0.25, 0.3) is 11.5 Å². The molecule has 1 aliphatic heterocycles. The zero-order valence-corrected chi connectivity index (χ0v) is 17.0. The van der Waals surface area contributed by atoms with Gasteiger partial charge in [-0.05, 0) is 37.3 Å². The summed E-state index contributed by atoms with van der Waals surface area (Å²) >= 11 is 0. The number of hydrogen-bond donors (Lipinski definition) is 3. The fourth-order valence-corrected chi connectivity index (χ4v) is 3.63. The number of carbonyl (C=O) groups is 1. The van der Waals surface area contributed by atoms with Crippen molar-refractivity contribution in [2.75, 3.05) is 13.1 Å². The molecular formula is C20H29N5O3. The minimum atomic E-state index is -0.574. The molecule has 0 radical (unpaired) electrons. The molecule has 2 aromatic rings. The maximum Gasteiger partial charge on any atom is 0.329 e. The summed E-state index contributed by atoms with van der Waals surface area (Å²) in [7, 11) is 0. The van der Waals surface area contributed by atoms with Crippen LogP contribution in [0, 0.1) is 5.92 Å². The highest BCUT2D eigenvalue weighted by Gasteiger charge is 2.26. The molecule has 1 saturated heterocycles. The summed E-state index contributed by atoms with van der Waals surface area (Å²) in [5, 5.41) is 6.53. The summed E-state index contributed by atoms with van der Waals surface area (Å²) in [6.07, 6.45) is 1.69. The molecular weight excluding hydrogens is 358 g/mol. The number of amides is 1. The van der Waals surface area contributed by atoms with Crippen LogP contribution in [0.5, 0.6) is 0 Å². The summed E-state index contributed by atoms with van der Waals surface area (Å²) in [6, 6.07) is 1.67. The van der Waals surface area contributed by atoms with E-state index < -0.39 is 11.2 Å². The Hall–Kier alpha value is -2.48. The number of carbonyl (C=O) groups excluding carboxylic acids is 1. The monoisotopic (exact) mass is 387 g/mol. The molecule has 1 amide bonds. The molecule has 0 saturated carbocycles. The topological polar surface area (TPSA) is 109 Å². The first-order valence-corrected chi connectivity index (χ1v) is 10.0. The number of nitrogens with zero attached hydrogens (tertiary/aromatic N) is 2. The summed E-state index contributed by atoms with van der Waals surface area (Å²) < 4.78 is 1.45. The summed E-state index contributed by atoms with van der Waals surface area (Å²) in [5.74, 6) is 0.0946. The van der Waals surface area contributed by atoms with Crippen LogP contribution in [0.2, 0.25) is 0 Å². The normalized spacial score (nSPS) is 19.9. The lowest BCUT2D eigenvalue weighted by Gasteiger charge is -2.30. The molecule has 3 rings (SSSR count). The van der Waals surface area contributed by atoms with Crippen LogP contribution in [0.25, 0.3) is 11.0 Å². The average molecular weight is 387 g/mol. The van der Waals surface area contributed by atoms with Crippen LogP contribution in [0.1, 0.15) is 62.5 Å². The van der Waals surface area contributed by atoms with E-state index in [9.17, 15) is 14.4 Å². The van der Waals surface area contributed by atoms with E-state index in [0.717, 1.165) is 13.0 Å². The molecule has 3 heterocycles. The highest BCUT2D eigenvalue weighted by molar-refractivity contribution is 6.05. The molecule has 2 atom stereocenters. The maximum absolute atomic E-state index is 13.1. The predicted octanol–water partition coefficient (Wildman–Crippen LogP) is 1.35. The van der Waals surface area contributed by atoms with E-state index in [1.165, 1.54) is 4.57 Å². The first-order chi connectivity index (χ1) is 13.3. The minimum absolute atomic E-state index is 0.00686. The molecule has 8 heteroatoms. The molecule has 152 valence electrons. The fourth-order valence-electron chi connectivity index (χ4n) is 3.63. The highest BCUT2D eigenvalue weighted by Crippen LogP contribution is 2.21. The standard InChI is InChI=1S/C20H29N5O3/c1-5-8-25-17-16(19(27)24-20(25)28)13(9-14(22-17)11(2)3)18(26)23-15-10-21-7-6-12(15)4/h9,11-12,15,21H,5-8,10H2,1-4H3,(H,23,26)(H,24,27,28). The first-order valence-electron chi connectivity index (χ1n) is 10.0. The van der Waals surface area contributed by atoms with Crippen LogP contribution in [-0.2, 0) is 6.54 Å². The molecule has 0 bridgehead atoms. The number of fused-ring (bicyclic) bond motifs is 1. The van der Waals surface area contributed by atoms with E-state index in [1.54, 1.807) is 6.07 Å². The van der Waals surface area contributed by atoms with Crippen molar-refractivity contribution in [2.45, 2.75) is 59.0 Å². The highest BCUT2D eigenvalue weighted by atomic mass is 16.2. The van der Waals surface area contributed by atoms with Crippen molar-refractivity contribution in [1.82, 2.24) is 25.2 Å². The van der Waals surface area contributed by atoms with Gasteiger partial charge in [0.2, 0.25) is 0 Å². The third-order valence-electron chi connectivity index (χ3n) is 5.40. The van der Waals surface area contributed by atoms with Gasteiger partial charge in [0.05, 0.1) is 10.9 Å². The number of aryl methyl sites for hydroxylation is 1. The summed E-state index contributed by atoms with van der Waals surface area (Å²) in [6.45, 7) is 10.1. The van der Waals surface area contributed by atoms with Crippen LogP contribution < -0.4 is 21.9 Å². The van der Waals surface area contributed by atoms with Gasteiger partial charge in [-0.1, -0.05) is 27.7 Å². The summed E-state index contributed by atoms with van der Waals surface area (Å²) in [4.78, 5) is 45.0. The number of aromatic amines is 1. The van der Waals surface area contributed by atoms with Crippen molar-refractivity contribution >= 4 is 16.9 Å². The van der Waals surface area contributed by atoms with Gasteiger partial charge in [-0.2, -0.15) is 0 Å². The smallest absolute Gasteiger partial charge is 0.329 e. The molecule has 3 N–H and O–H groups in total. The van der Waals surface area contributed by atoms with Crippen molar-refractivity contribution in [1.29, 1.82) is 0 Å². The Morgan fingerprint density at radius 2 is 2.14 bits per heavy atom. The van der Waals surface area contributed by atoms with Crippen molar-refractivity contribution < 1.29 is 4.79 Å². The SMILES string of the molecule is CCCn1c(=O)[nH]c(=O)c2c(C(=O)NC3CNCCC3C)cc(C(C)C)nc21. The number of nitrogens with one attached hydrogen (secondary N) is 3. The van der Waals surface area contributed by atoms with E-state index in [4.69, 9.17) is 0 Å². The van der Waals surface area contributed by atoms with E-state index >= 15 is 0 Å². The molecule has 1 fully saturated rings. The minimum Gasteiger partial charge on any atom is -0.348 e. The summed E-state index contributed by atoms with van der Waals surface area (Å²) in [5.41, 5.74) is 0.168. The van der Waals surface area contributed by atoms with Crippen molar-refractivity contribution in [2.24, 2.45) is 5.92 Å². The second-order valence-corrected chi connectivity index (χ2v) is 7.91. The van der Waals surface area contributed by atoms with E-state index in [2.05, 4.69) is 27.5 Å². The number of piperidine rings is 1. The number of H-pyrrole nitrogens is 1. The second kappa shape index (κ2) is 8.26. The van der Waals surface area contributed by atoms with E-state index in [-0.39, 0.29) is 34.5 Å². The Morgan fingerprint density at radius 1 is 1.39 bits per heavy atom. The van der Waals surface area contributed by atoms with Crippen LogP contribution in [0.15, 0.2) is 15.7 Å². The third kappa shape index (κ3) is 3.87. The molecule has 8 nitrogen and oxygen atoms in total. The predicted molar refractivity (Wildman–Crippen MR) is 109 cm³/mol. The van der Waals surface area contributed by atoms with Crippen LogP contribution in [-0.4, -0.2) is 39.6 Å². The third-order valence-corrected chi connectivity index (χ3v) is 5.40. The van der Waals surface area contributed by atoms with E-state index in [1.807, 2.05) is 20.8 Å². The molecule has 0 aromatic carbocycles. The lowest BCUT2D eigenvalue weighted by Crippen LogP contribution is -2.50. The average Bonchev–Trinajstić information content (AvgIpc) is 2.65. The number of pyridine rings is 1. The Morgan fingerprint density at radius 3 is 2.79 bits per heavy atom. The molecule has 2 unspecified atom stereocenters. The molecule has 28 heavy (non-hydrogen) atoms. The molecule has 0 aliphatic carbocycles. The van der Waals surface area contributed by atoms with Gasteiger partial charge in [0.1, 0.15) is 0 Å². The Labute approximate surface area is 163 Å². The Kier molecular flexibility index (Phi) is 5.98. The second-order valence-electron chi connectivity index (χ2n) is 7.91. The Balaban J connectivity index is 2.17. The number of aromatic nitrogens is 3. The van der Waals surface area contributed by atoms with E-state index in [0.29, 0.717) is 31.1 Å². The van der Waals surface area contributed by atoms with Gasteiger partial charge < -0.3 is 10.6 Å². The lowest BCUT2D eigenvalue weighted by molar-refractivity contribution is 0.0916. The molecule has 1 aliphatic rings. The van der Waals surface area contributed by atoms with Crippen molar-refractivity contribution in [3.63, 3.8) is 0 Å². The van der Waals surface area contributed by atoms with Gasteiger partial charge in [0, 0.05) is 24.8 Å². The molecule has 0 spiro atoms. The van der Waals surface area contributed by atoms with Crippen LogP contribution >= 0.6 is 0 Å². The van der Waals surface area contributed by atoms with Gasteiger partial charge in [-0.15, -0.1) is 0 Å². The fraction of sp³-hybridized carbons (Fsp3) is 0.600. The zero-order valence-electron chi connectivity index (χ0n) is 17.0. The molecule has 2 aromatic heterocycles. The first kappa shape index (κ1) is 20.3. The number of rotatable bonds is 5. The number of hydrogen-bond acceptors (Lipinski definition) is 5. The van der Waals surface area contributed by atoms with Crippen LogP contribution in [0.3, 0.4) is 0 Å². The van der Waals surface area contributed by atoms with Gasteiger partial charge >= 0.3 is 5.69 Å². The maximum atomic E-state index is 13.1. The van der Waals surface area contributed by atoms with Gasteiger partial charge in [-0.3, -0.25) is 19.1 Å². The largest absolute Gasteiger partial charge is 0.348 e. The van der Waals surface area contributed by atoms with Gasteiger partial charge in [-0.25, -0.2) is 9.78 Å². The zero-order chi connectivity index (χ0) is 20.4.